The van der Waals surface area contributed by atoms with E-state index in [2.05, 4.69) is 11.1 Å². The van der Waals surface area contributed by atoms with E-state index in [1.54, 1.807) is 30.6 Å². The van der Waals surface area contributed by atoms with Crippen LogP contribution in [0, 0.1) is 18.3 Å². The van der Waals surface area contributed by atoms with Gasteiger partial charge in [-0.15, -0.1) is 0 Å². The van der Waals surface area contributed by atoms with Crippen LogP contribution >= 0.6 is 11.3 Å². The molecular formula is C32H27N3O4S. The van der Waals surface area contributed by atoms with E-state index in [4.69, 9.17) is 9.47 Å². The molecule has 4 aromatic rings. The molecule has 1 atom stereocenters. The average Bonchev–Trinajstić information content (AvgIpc) is 3.26. The number of carbonyl (C=O) groups excluding carboxylic acids is 1. The third-order valence-electron chi connectivity index (χ3n) is 6.60. The summed E-state index contributed by atoms with van der Waals surface area (Å²) >= 11 is 1.28. The molecule has 0 N–H and O–H groups in total. The Morgan fingerprint density at radius 2 is 1.88 bits per heavy atom. The highest BCUT2D eigenvalue weighted by atomic mass is 32.1. The van der Waals surface area contributed by atoms with Crippen molar-refractivity contribution in [3.05, 3.63) is 132 Å². The summed E-state index contributed by atoms with van der Waals surface area (Å²) in [7, 11) is 0. The van der Waals surface area contributed by atoms with E-state index in [1.807, 2.05) is 73.7 Å². The van der Waals surface area contributed by atoms with E-state index >= 15 is 0 Å². The number of nitrogens with zero attached hydrogens (tertiary/aromatic N) is 3. The summed E-state index contributed by atoms with van der Waals surface area (Å²) < 4.78 is 13.4. The third-order valence-corrected chi connectivity index (χ3v) is 7.58. The summed E-state index contributed by atoms with van der Waals surface area (Å²) in [6.07, 6.45) is 1.80. The van der Waals surface area contributed by atoms with Crippen LogP contribution in [0.4, 0.5) is 0 Å². The smallest absolute Gasteiger partial charge is 0.338 e. The van der Waals surface area contributed by atoms with Gasteiger partial charge in [-0.3, -0.25) is 9.36 Å². The molecule has 5 rings (SSSR count). The highest BCUT2D eigenvalue weighted by molar-refractivity contribution is 7.07. The van der Waals surface area contributed by atoms with E-state index < -0.39 is 12.0 Å². The SMILES string of the molecule is CCOC(=O)C1=C(C)N=c2s/c(=C\c3cccc(OCc4ccccc4C#N)c3)c(=O)n2[C@H]1c1ccc(C)cc1. The molecule has 2 heterocycles. The fourth-order valence-electron chi connectivity index (χ4n) is 4.62. The maximum absolute atomic E-state index is 13.8. The Morgan fingerprint density at radius 3 is 2.62 bits per heavy atom. The summed E-state index contributed by atoms with van der Waals surface area (Å²) in [5.41, 5.74) is 4.69. The molecular weight excluding hydrogens is 522 g/mol. The van der Waals surface area contributed by atoms with Crippen LogP contribution in [0.25, 0.3) is 6.08 Å². The van der Waals surface area contributed by atoms with Gasteiger partial charge in [0, 0.05) is 5.56 Å². The predicted molar refractivity (Wildman–Crippen MR) is 154 cm³/mol. The average molecular weight is 550 g/mol. The molecule has 0 fully saturated rings. The van der Waals surface area contributed by atoms with E-state index in [-0.39, 0.29) is 18.8 Å². The van der Waals surface area contributed by atoms with Crippen molar-refractivity contribution in [2.75, 3.05) is 6.61 Å². The lowest BCUT2D eigenvalue weighted by Gasteiger charge is -2.24. The first-order valence-corrected chi connectivity index (χ1v) is 13.7. The molecule has 3 aromatic carbocycles. The number of ether oxygens (including phenoxy) is 2. The number of fused-ring (bicyclic) bond motifs is 1. The largest absolute Gasteiger partial charge is 0.489 e. The summed E-state index contributed by atoms with van der Waals surface area (Å²) in [4.78, 5) is 32.0. The van der Waals surface area contributed by atoms with Crippen molar-refractivity contribution in [3.8, 4) is 11.8 Å². The van der Waals surface area contributed by atoms with Gasteiger partial charge in [0.05, 0.1) is 40.1 Å². The number of hydrogen-bond acceptors (Lipinski definition) is 7. The number of carbonyl (C=O) groups is 1. The van der Waals surface area contributed by atoms with Crippen LogP contribution in [-0.4, -0.2) is 17.1 Å². The molecule has 0 aliphatic carbocycles. The van der Waals surface area contributed by atoms with Crippen LogP contribution in [0.2, 0.25) is 0 Å². The van der Waals surface area contributed by atoms with Gasteiger partial charge in [-0.1, -0.05) is 71.5 Å². The van der Waals surface area contributed by atoms with Crippen molar-refractivity contribution in [1.29, 1.82) is 5.26 Å². The molecule has 1 aliphatic heterocycles. The lowest BCUT2D eigenvalue weighted by molar-refractivity contribution is -0.139. The molecule has 0 saturated heterocycles. The standard InChI is InChI=1S/C32H27N3O4S/c1-4-38-31(37)28-21(3)34-32-35(29(28)23-14-12-20(2)13-15-23)30(36)27(40-32)17-22-8-7-11-26(16-22)39-19-25-10-6-5-9-24(25)18-33/h5-17,29H,4,19H2,1-3H3/b27-17-/t29-/m0/s1. The normalized spacial score (nSPS) is 14.8. The number of thiazole rings is 1. The maximum atomic E-state index is 13.8. The molecule has 0 radical (unpaired) electrons. The Bertz CT molecular complexity index is 1840. The Balaban J connectivity index is 1.54. The minimum absolute atomic E-state index is 0.223. The molecule has 8 heteroatoms. The molecule has 0 amide bonds. The number of aromatic nitrogens is 1. The van der Waals surface area contributed by atoms with Gasteiger partial charge < -0.3 is 9.47 Å². The molecule has 40 heavy (non-hydrogen) atoms. The molecule has 1 aliphatic rings. The fraction of sp³-hybridized carbons (Fsp3) is 0.188. The van der Waals surface area contributed by atoms with Crippen molar-refractivity contribution in [3.63, 3.8) is 0 Å². The van der Waals surface area contributed by atoms with Crippen molar-refractivity contribution < 1.29 is 14.3 Å². The van der Waals surface area contributed by atoms with E-state index in [9.17, 15) is 14.9 Å². The number of allylic oxidation sites excluding steroid dienone is 1. The summed E-state index contributed by atoms with van der Waals surface area (Å²) in [5.74, 6) is 0.138. The number of hydrogen-bond donors (Lipinski definition) is 0. The molecule has 1 aromatic heterocycles. The zero-order valence-electron chi connectivity index (χ0n) is 22.4. The van der Waals surface area contributed by atoms with Crippen molar-refractivity contribution >= 4 is 23.4 Å². The number of benzene rings is 3. The van der Waals surface area contributed by atoms with Gasteiger partial charge in [0.25, 0.3) is 5.56 Å². The van der Waals surface area contributed by atoms with Gasteiger partial charge >= 0.3 is 5.97 Å². The monoisotopic (exact) mass is 549 g/mol. The van der Waals surface area contributed by atoms with Crippen LogP contribution in [0.15, 0.2) is 93.9 Å². The third kappa shape index (κ3) is 5.37. The molecule has 200 valence electrons. The van der Waals surface area contributed by atoms with Gasteiger partial charge in [-0.25, -0.2) is 9.79 Å². The lowest BCUT2D eigenvalue weighted by Crippen LogP contribution is -2.39. The van der Waals surface area contributed by atoms with Crippen LogP contribution in [-0.2, 0) is 16.1 Å². The van der Waals surface area contributed by atoms with E-state index in [0.29, 0.717) is 31.9 Å². The lowest BCUT2D eigenvalue weighted by atomic mass is 9.95. The second-order valence-corrected chi connectivity index (χ2v) is 10.4. The van der Waals surface area contributed by atoms with Gasteiger partial charge in [0.2, 0.25) is 0 Å². The molecule has 7 nitrogen and oxygen atoms in total. The van der Waals surface area contributed by atoms with Crippen molar-refractivity contribution in [2.45, 2.75) is 33.4 Å². The van der Waals surface area contributed by atoms with Crippen LogP contribution in [0.5, 0.6) is 5.75 Å². The second kappa shape index (κ2) is 11.6. The van der Waals surface area contributed by atoms with Gasteiger partial charge in [0.1, 0.15) is 12.4 Å². The quantitative estimate of drug-likeness (QED) is 0.315. The summed E-state index contributed by atoms with van der Waals surface area (Å²) in [6.45, 7) is 5.99. The molecule has 0 bridgehead atoms. The first-order valence-electron chi connectivity index (χ1n) is 12.9. The zero-order chi connectivity index (χ0) is 28.2. The first kappa shape index (κ1) is 26.9. The number of rotatable bonds is 7. The zero-order valence-corrected chi connectivity index (χ0v) is 23.2. The Kier molecular flexibility index (Phi) is 7.76. The molecule has 0 spiro atoms. The van der Waals surface area contributed by atoms with Gasteiger partial charge in [0.15, 0.2) is 4.80 Å². The van der Waals surface area contributed by atoms with Crippen LogP contribution in [0.1, 0.15) is 47.7 Å². The minimum atomic E-state index is -0.645. The summed E-state index contributed by atoms with van der Waals surface area (Å²) in [6, 6.07) is 24.1. The van der Waals surface area contributed by atoms with Crippen molar-refractivity contribution in [1.82, 2.24) is 4.57 Å². The topological polar surface area (TPSA) is 93.7 Å². The Hall–Kier alpha value is -4.74. The van der Waals surface area contributed by atoms with Crippen LogP contribution < -0.4 is 19.6 Å². The van der Waals surface area contributed by atoms with E-state index in [0.717, 1.165) is 22.3 Å². The fourth-order valence-corrected chi connectivity index (χ4v) is 5.66. The van der Waals surface area contributed by atoms with Crippen LogP contribution in [0.3, 0.4) is 0 Å². The Labute approximate surface area is 235 Å². The Morgan fingerprint density at radius 1 is 1.10 bits per heavy atom. The minimum Gasteiger partial charge on any atom is -0.489 e. The van der Waals surface area contributed by atoms with E-state index in [1.165, 1.54) is 11.3 Å². The highest BCUT2D eigenvalue weighted by Crippen LogP contribution is 2.30. The highest BCUT2D eigenvalue weighted by Gasteiger charge is 2.33. The van der Waals surface area contributed by atoms with Gasteiger partial charge in [-0.2, -0.15) is 5.26 Å². The van der Waals surface area contributed by atoms with Crippen molar-refractivity contribution in [2.24, 2.45) is 4.99 Å². The number of esters is 1. The number of aryl methyl sites for hydroxylation is 1. The summed E-state index contributed by atoms with van der Waals surface area (Å²) in [5, 5.41) is 9.34. The second-order valence-electron chi connectivity index (χ2n) is 9.34. The predicted octanol–water partition coefficient (Wildman–Crippen LogP) is 4.56. The first-order chi connectivity index (χ1) is 19.4. The van der Waals surface area contributed by atoms with Gasteiger partial charge in [-0.05, 0) is 56.2 Å². The molecule has 0 saturated carbocycles. The molecule has 0 unspecified atom stereocenters. The maximum Gasteiger partial charge on any atom is 0.338 e. The number of nitriles is 1.